The topological polar surface area (TPSA) is 78.9 Å². The van der Waals surface area contributed by atoms with Crippen LogP contribution in [0.4, 0.5) is 4.79 Å². The van der Waals surface area contributed by atoms with Gasteiger partial charge >= 0.3 is 12.0 Å². The van der Waals surface area contributed by atoms with E-state index < -0.39 is 5.97 Å². The Morgan fingerprint density at radius 2 is 1.81 bits per heavy atom. The summed E-state index contributed by atoms with van der Waals surface area (Å²) < 4.78 is 6.01. The van der Waals surface area contributed by atoms with Crippen LogP contribution < -0.4 is 10.1 Å². The van der Waals surface area contributed by atoms with E-state index in [0.717, 1.165) is 37.1 Å². The van der Waals surface area contributed by atoms with Gasteiger partial charge in [0.25, 0.3) is 0 Å². The largest absolute Gasteiger partial charge is 0.494 e. The van der Waals surface area contributed by atoms with Gasteiger partial charge in [0.1, 0.15) is 5.75 Å². The standard InChI is InChI=1S/C25H32N2O4/c1-3-15-27-24(30)26-18-25(27,17-21-6-4-19(2)5-7-21)14-16-31-22-11-8-20(9-12-22)10-13-23(28)29/h4-9,11-12H,3,10,13-18H2,1-2H3,(H,26,30)(H,28,29). The predicted molar refractivity (Wildman–Crippen MR) is 121 cm³/mol. The molecule has 1 atom stereocenters. The summed E-state index contributed by atoms with van der Waals surface area (Å²) >= 11 is 0. The average molecular weight is 425 g/mol. The zero-order chi connectivity index (χ0) is 22.3. The molecule has 1 aliphatic heterocycles. The van der Waals surface area contributed by atoms with Crippen LogP contribution in [-0.2, 0) is 17.6 Å². The van der Waals surface area contributed by atoms with Gasteiger partial charge in [0.05, 0.1) is 12.1 Å². The SMILES string of the molecule is CCCN1C(=O)NCC1(CCOc1ccc(CCC(=O)O)cc1)Cc1ccc(C)cc1. The van der Waals surface area contributed by atoms with Gasteiger partial charge in [-0.2, -0.15) is 0 Å². The fourth-order valence-corrected chi connectivity index (χ4v) is 4.13. The Labute approximate surface area is 184 Å². The number of aryl methyl sites for hydroxylation is 2. The number of nitrogens with one attached hydrogen (secondary N) is 1. The van der Waals surface area contributed by atoms with Gasteiger partial charge in [0.15, 0.2) is 0 Å². The highest BCUT2D eigenvalue weighted by Crippen LogP contribution is 2.30. The van der Waals surface area contributed by atoms with Crippen molar-refractivity contribution in [1.82, 2.24) is 10.2 Å². The summed E-state index contributed by atoms with van der Waals surface area (Å²) in [5.41, 5.74) is 3.10. The highest BCUT2D eigenvalue weighted by molar-refractivity contribution is 5.78. The number of aliphatic carboxylic acids is 1. The van der Waals surface area contributed by atoms with Gasteiger partial charge < -0.3 is 20.1 Å². The molecule has 1 fully saturated rings. The van der Waals surface area contributed by atoms with E-state index in [1.807, 2.05) is 29.2 Å². The summed E-state index contributed by atoms with van der Waals surface area (Å²) in [4.78, 5) is 25.2. The Kier molecular flexibility index (Phi) is 7.55. The molecule has 6 nitrogen and oxygen atoms in total. The fraction of sp³-hybridized carbons (Fsp3) is 0.440. The second-order valence-corrected chi connectivity index (χ2v) is 8.33. The van der Waals surface area contributed by atoms with Crippen molar-refractivity contribution in [2.24, 2.45) is 0 Å². The van der Waals surface area contributed by atoms with Crippen LogP contribution in [0.2, 0.25) is 0 Å². The quantitative estimate of drug-likeness (QED) is 0.567. The van der Waals surface area contributed by atoms with Crippen LogP contribution in [0.3, 0.4) is 0 Å². The fourth-order valence-electron chi connectivity index (χ4n) is 4.13. The molecule has 3 rings (SSSR count). The van der Waals surface area contributed by atoms with Crippen molar-refractivity contribution >= 4 is 12.0 Å². The van der Waals surface area contributed by atoms with Crippen LogP contribution in [0.25, 0.3) is 0 Å². The molecule has 0 aromatic heterocycles. The molecule has 2 aromatic rings. The zero-order valence-corrected chi connectivity index (χ0v) is 18.4. The summed E-state index contributed by atoms with van der Waals surface area (Å²) in [6, 6.07) is 16.1. The third-order valence-corrected chi connectivity index (χ3v) is 5.87. The minimum atomic E-state index is -0.796. The van der Waals surface area contributed by atoms with E-state index in [9.17, 15) is 9.59 Å². The van der Waals surface area contributed by atoms with E-state index in [4.69, 9.17) is 9.84 Å². The number of carbonyl (C=O) groups is 2. The van der Waals surface area contributed by atoms with E-state index in [1.54, 1.807) is 0 Å². The van der Waals surface area contributed by atoms with Crippen LogP contribution in [0, 0.1) is 6.92 Å². The van der Waals surface area contributed by atoms with Crippen molar-refractivity contribution in [3.05, 3.63) is 65.2 Å². The van der Waals surface area contributed by atoms with Crippen LogP contribution in [0.5, 0.6) is 5.75 Å². The van der Waals surface area contributed by atoms with Gasteiger partial charge in [-0.25, -0.2) is 4.79 Å². The molecule has 2 N–H and O–H groups in total. The molecule has 0 bridgehead atoms. The van der Waals surface area contributed by atoms with Gasteiger partial charge in [-0.1, -0.05) is 48.9 Å². The maximum Gasteiger partial charge on any atom is 0.318 e. The molecule has 0 aliphatic carbocycles. The molecule has 31 heavy (non-hydrogen) atoms. The van der Waals surface area contributed by atoms with Crippen LogP contribution in [-0.4, -0.2) is 47.2 Å². The van der Waals surface area contributed by atoms with E-state index in [2.05, 4.69) is 43.4 Å². The third kappa shape index (κ3) is 6.00. The van der Waals surface area contributed by atoms with Gasteiger partial charge in [-0.15, -0.1) is 0 Å². The molecule has 0 spiro atoms. The van der Waals surface area contributed by atoms with Crippen molar-refractivity contribution in [1.29, 1.82) is 0 Å². The van der Waals surface area contributed by atoms with Gasteiger partial charge in [-0.3, -0.25) is 4.79 Å². The number of benzene rings is 2. The van der Waals surface area contributed by atoms with E-state index in [0.29, 0.717) is 19.6 Å². The lowest BCUT2D eigenvalue weighted by atomic mass is 9.86. The Morgan fingerprint density at radius 1 is 1.13 bits per heavy atom. The number of carbonyl (C=O) groups excluding carboxylic acids is 1. The molecule has 1 aliphatic rings. The Hall–Kier alpha value is -3.02. The monoisotopic (exact) mass is 424 g/mol. The zero-order valence-electron chi connectivity index (χ0n) is 18.4. The highest BCUT2D eigenvalue weighted by atomic mass is 16.5. The molecular formula is C25H32N2O4. The van der Waals surface area contributed by atoms with E-state index in [-0.39, 0.29) is 18.0 Å². The maximum absolute atomic E-state index is 12.5. The number of amides is 2. The molecule has 0 radical (unpaired) electrons. The smallest absolute Gasteiger partial charge is 0.318 e. The molecule has 0 saturated carbocycles. The molecule has 1 heterocycles. The summed E-state index contributed by atoms with van der Waals surface area (Å²) in [6.07, 6.45) is 3.04. The van der Waals surface area contributed by atoms with Gasteiger partial charge in [-0.05, 0) is 49.4 Å². The van der Waals surface area contributed by atoms with Crippen LogP contribution in [0.1, 0.15) is 42.9 Å². The lowest BCUT2D eigenvalue weighted by molar-refractivity contribution is -0.136. The summed E-state index contributed by atoms with van der Waals surface area (Å²) in [6.45, 7) is 5.98. The number of rotatable bonds is 11. The molecule has 1 unspecified atom stereocenters. The molecule has 2 aromatic carbocycles. The lowest BCUT2D eigenvalue weighted by Gasteiger charge is -2.37. The molecular weight excluding hydrogens is 392 g/mol. The Morgan fingerprint density at radius 3 is 2.45 bits per heavy atom. The first-order chi connectivity index (χ1) is 14.9. The maximum atomic E-state index is 12.5. The summed E-state index contributed by atoms with van der Waals surface area (Å²) in [7, 11) is 0. The normalized spacial score (nSPS) is 18.1. The minimum absolute atomic E-state index is 0.00301. The second-order valence-electron chi connectivity index (χ2n) is 8.33. The molecule has 1 saturated heterocycles. The highest BCUT2D eigenvalue weighted by Gasteiger charge is 2.44. The Balaban J connectivity index is 1.67. The van der Waals surface area contributed by atoms with Crippen molar-refractivity contribution < 1.29 is 19.4 Å². The summed E-state index contributed by atoms with van der Waals surface area (Å²) in [5, 5.41) is 11.9. The van der Waals surface area contributed by atoms with Gasteiger partial charge in [0, 0.05) is 25.9 Å². The molecule has 166 valence electrons. The number of urea groups is 1. The van der Waals surface area contributed by atoms with Crippen molar-refractivity contribution in [3.63, 3.8) is 0 Å². The second kappa shape index (κ2) is 10.3. The van der Waals surface area contributed by atoms with E-state index >= 15 is 0 Å². The minimum Gasteiger partial charge on any atom is -0.494 e. The van der Waals surface area contributed by atoms with Crippen molar-refractivity contribution in [2.45, 2.75) is 51.5 Å². The lowest BCUT2D eigenvalue weighted by Crippen LogP contribution is -2.50. The number of hydrogen-bond acceptors (Lipinski definition) is 3. The first kappa shape index (κ1) is 22.7. The number of hydrogen-bond donors (Lipinski definition) is 2. The summed E-state index contributed by atoms with van der Waals surface area (Å²) in [5.74, 6) is -0.0422. The first-order valence-electron chi connectivity index (χ1n) is 11.0. The number of carboxylic acids is 1. The number of ether oxygens (including phenoxy) is 1. The Bertz CT molecular complexity index is 879. The predicted octanol–water partition coefficient (Wildman–Crippen LogP) is 4.20. The van der Waals surface area contributed by atoms with Gasteiger partial charge in [0.2, 0.25) is 0 Å². The molecule has 6 heteroatoms. The van der Waals surface area contributed by atoms with Crippen molar-refractivity contribution in [3.8, 4) is 5.75 Å². The van der Waals surface area contributed by atoms with Crippen LogP contribution in [0.15, 0.2) is 48.5 Å². The van der Waals surface area contributed by atoms with E-state index in [1.165, 1.54) is 11.1 Å². The van der Waals surface area contributed by atoms with Crippen LogP contribution >= 0.6 is 0 Å². The molecule has 2 amide bonds. The first-order valence-corrected chi connectivity index (χ1v) is 11.0. The van der Waals surface area contributed by atoms with Crippen molar-refractivity contribution in [2.75, 3.05) is 19.7 Å². The third-order valence-electron chi connectivity index (χ3n) is 5.87. The number of carboxylic acid groups (broad SMARTS) is 1. The number of nitrogens with zero attached hydrogens (tertiary/aromatic N) is 1. The average Bonchev–Trinajstić information content (AvgIpc) is 3.05.